The minimum Gasteiger partial charge on any atom is -0.457 e. The smallest absolute Gasteiger partial charge is 0.206 e. The van der Waals surface area contributed by atoms with E-state index in [9.17, 15) is 8.42 Å². The van der Waals surface area contributed by atoms with Crippen LogP contribution < -0.4 is 9.47 Å². The standard InChI is InChI=1S/C24H16Br2O4S/c25-17-3-1-5-21(15-17)29-19-7-11-23(12-8-19)31(27,28)24-13-9-20(10-14-24)30-22-6-2-4-18(26)16-22/h1-16H. The molecule has 156 valence electrons. The summed E-state index contributed by atoms with van der Waals surface area (Å²) in [5.74, 6) is 2.42. The molecule has 0 aromatic heterocycles. The molecule has 7 heteroatoms. The Kier molecular flexibility index (Phi) is 6.46. The van der Waals surface area contributed by atoms with Crippen molar-refractivity contribution in [2.45, 2.75) is 9.79 Å². The van der Waals surface area contributed by atoms with E-state index in [-0.39, 0.29) is 9.79 Å². The molecule has 4 rings (SSSR count). The Morgan fingerprint density at radius 3 is 1.26 bits per heavy atom. The third-order valence-corrected chi connectivity index (χ3v) is 7.10. The van der Waals surface area contributed by atoms with Crippen molar-refractivity contribution in [1.82, 2.24) is 0 Å². The number of benzene rings is 4. The van der Waals surface area contributed by atoms with Crippen LogP contribution in [0.15, 0.2) is 116 Å². The first-order chi connectivity index (χ1) is 14.9. The zero-order valence-corrected chi connectivity index (χ0v) is 20.0. The third-order valence-electron chi connectivity index (χ3n) is 4.33. The predicted octanol–water partition coefficient (Wildman–Crippen LogP) is 7.63. The van der Waals surface area contributed by atoms with Crippen molar-refractivity contribution in [3.05, 3.63) is 106 Å². The molecule has 0 aliphatic rings. The molecule has 0 radical (unpaired) electrons. The summed E-state index contributed by atoms with van der Waals surface area (Å²) in [6.45, 7) is 0. The lowest BCUT2D eigenvalue weighted by atomic mass is 10.3. The summed E-state index contributed by atoms with van der Waals surface area (Å²) < 4.78 is 39.3. The van der Waals surface area contributed by atoms with E-state index in [1.54, 1.807) is 24.3 Å². The molecular formula is C24H16Br2O4S. The zero-order chi connectivity index (χ0) is 21.8. The third kappa shape index (κ3) is 5.36. The first kappa shape index (κ1) is 21.6. The van der Waals surface area contributed by atoms with Gasteiger partial charge in [0.05, 0.1) is 9.79 Å². The Labute approximate surface area is 197 Å². The number of hydrogen-bond acceptors (Lipinski definition) is 4. The molecule has 0 atom stereocenters. The van der Waals surface area contributed by atoms with E-state index in [1.165, 1.54) is 24.3 Å². The van der Waals surface area contributed by atoms with Crippen LogP contribution in [0.5, 0.6) is 23.0 Å². The predicted molar refractivity (Wildman–Crippen MR) is 127 cm³/mol. The van der Waals surface area contributed by atoms with Gasteiger partial charge in [0.15, 0.2) is 0 Å². The summed E-state index contributed by atoms with van der Waals surface area (Å²) in [7, 11) is -3.66. The molecule has 0 amide bonds. The molecule has 0 aliphatic carbocycles. The van der Waals surface area contributed by atoms with E-state index in [0.29, 0.717) is 23.0 Å². The van der Waals surface area contributed by atoms with Crippen LogP contribution in [0.3, 0.4) is 0 Å². The molecule has 4 aromatic carbocycles. The maximum Gasteiger partial charge on any atom is 0.206 e. The number of ether oxygens (including phenoxy) is 2. The second-order valence-corrected chi connectivity index (χ2v) is 10.3. The fourth-order valence-electron chi connectivity index (χ4n) is 2.84. The first-order valence-corrected chi connectivity index (χ1v) is 12.3. The molecule has 0 unspecified atom stereocenters. The monoisotopic (exact) mass is 558 g/mol. The molecule has 0 heterocycles. The molecule has 0 saturated carbocycles. The molecule has 31 heavy (non-hydrogen) atoms. The van der Waals surface area contributed by atoms with E-state index in [1.807, 2.05) is 48.5 Å². The highest BCUT2D eigenvalue weighted by atomic mass is 79.9. The number of hydrogen-bond donors (Lipinski definition) is 0. The zero-order valence-electron chi connectivity index (χ0n) is 16.0. The van der Waals surface area contributed by atoms with Gasteiger partial charge in [-0.2, -0.15) is 0 Å². The lowest BCUT2D eigenvalue weighted by Gasteiger charge is -2.09. The van der Waals surface area contributed by atoms with Crippen LogP contribution in [0.25, 0.3) is 0 Å². The quantitative estimate of drug-likeness (QED) is 0.244. The van der Waals surface area contributed by atoms with Gasteiger partial charge in [0.1, 0.15) is 23.0 Å². The summed E-state index contributed by atoms with van der Waals surface area (Å²) >= 11 is 6.79. The topological polar surface area (TPSA) is 52.6 Å². The van der Waals surface area contributed by atoms with E-state index >= 15 is 0 Å². The maximum absolute atomic E-state index is 13.0. The average Bonchev–Trinajstić information content (AvgIpc) is 2.75. The molecule has 0 saturated heterocycles. The van der Waals surface area contributed by atoms with Crippen LogP contribution in [0.1, 0.15) is 0 Å². The van der Waals surface area contributed by atoms with Gasteiger partial charge in [-0.25, -0.2) is 8.42 Å². The van der Waals surface area contributed by atoms with Gasteiger partial charge in [-0.1, -0.05) is 44.0 Å². The van der Waals surface area contributed by atoms with Crippen LogP contribution in [-0.4, -0.2) is 8.42 Å². The fourth-order valence-corrected chi connectivity index (χ4v) is 4.86. The Morgan fingerprint density at radius 1 is 0.516 bits per heavy atom. The van der Waals surface area contributed by atoms with Crippen LogP contribution >= 0.6 is 31.9 Å². The van der Waals surface area contributed by atoms with E-state index in [0.717, 1.165) is 8.95 Å². The second-order valence-electron chi connectivity index (χ2n) is 6.57. The highest BCUT2D eigenvalue weighted by Crippen LogP contribution is 2.29. The van der Waals surface area contributed by atoms with E-state index in [2.05, 4.69) is 31.9 Å². The van der Waals surface area contributed by atoms with Gasteiger partial charge in [0.2, 0.25) is 9.84 Å². The minimum absolute atomic E-state index is 0.190. The normalized spacial score (nSPS) is 11.2. The average molecular weight is 560 g/mol. The number of sulfone groups is 1. The highest BCUT2D eigenvalue weighted by molar-refractivity contribution is 9.10. The van der Waals surface area contributed by atoms with Gasteiger partial charge in [-0.15, -0.1) is 0 Å². The molecule has 4 aromatic rings. The van der Waals surface area contributed by atoms with Crippen molar-refractivity contribution in [2.24, 2.45) is 0 Å². The maximum atomic E-state index is 13.0. The Balaban J connectivity index is 1.50. The van der Waals surface area contributed by atoms with E-state index < -0.39 is 9.84 Å². The van der Waals surface area contributed by atoms with Gasteiger partial charge in [-0.05, 0) is 84.9 Å². The lowest BCUT2D eigenvalue weighted by molar-refractivity contribution is 0.482. The van der Waals surface area contributed by atoms with Crippen molar-refractivity contribution in [3.63, 3.8) is 0 Å². The van der Waals surface area contributed by atoms with Crippen LogP contribution in [-0.2, 0) is 9.84 Å². The van der Waals surface area contributed by atoms with Gasteiger partial charge < -0.3 is 9.47 Å². The number of rotatable bonds is 6. The summed E-state index contributed by atoms with van der Waals surface area (Å²) in [6.07, 6.45) is 0. The van der Waals surface area contributed by atoms with E-state index in [4.69, 9.17) is 9.47 Å². The van der Waals surface area contributed by atoms with Gasteiger partial charge in [0.25, 0.3) is 0 Å². The van der Waals surface area contributed by atoms with Gasteiger partial charge in [0, 0.05) is 8.95 Å². The minimum atomic E-state index is -3.66. The first-order valence-electron chi connectivity index (χ1n) is 9.22. The molecule has 4 nitrogen and oxygen atoms in total. The largest absolute Gasteiger partial charge is 0.457 e. The highest BCUT2D eigenvalue weighted by Gasteiger charge is 2.18. The molecule has 0 spiro atoms. The second kappa shape index (κ2) is 9.26. The lowest BCUT2D eigenvalue weighted by Crippen LogP contribution is -2.01. The number of halogens is 2. The van der Waals surface area contributed by atoms with Crippen molar-refractivity contribution in [1.29, 1.82) is 0 Å². The Morgan fingerprint density at radius 2 is 0.903 bits per heavy atom. The van der Waals surface area contributed by atoms with Gasteiger partial charge in [-0.3, -0.25) is 0 Å². The molecular weight excluding hydrogens is 544 g/mol. The SMILES string of the molecule is O=S(=O)(c1ccc(Oc2cccc(Br)c2)cc1)c1ccc(Oc2cccc(Br)c2)cc1. The Hall–Kier alpha value is -2.61. The van der Waals surface area contributed by atoms with Crippen molar-refractivity contribution >= 4 is 41.7 Å². The van der Waals surface area contributed by atoms with Crippen molar-refractivity contribution in [3.8, 4) is 23.0 Å². The molecule has 0 N–H and O–H groups in total. The summed E-state index contributed by atoms with van der Waals surface area (Å²) in [6, 6.07) is 27.5. The van der Waals surface area contributed by atoms with Crippen LogP contribution in [0.4, 0.5) is 0 Å². The Bertz CT molecular complexity index is 1210. The van der Waals surface area contributed by atoms with Crippen LogP contribution in [0.2, 0.25) is 0 Å². The van der Waals surface area contributed by atoms with Crippen LogP contribution in [0, 0.1) is 0 Å². The molecule has 0 bridgehead atoms. The fraction of sp³-hybridized carbons (Fsp3) is 0. The summed E-state index contributed by atoms with van der Waals surface area (Å²) in [4.78, 5) is 0.379. The summed E-state index contributed by atoms with van der Waals surface area (Å²) in [5, 5.41) is 0. The van der Waals surface area contributed by atoms with Crippen molar-refractivity contribution < 1.29 is 17.9 Å². The molecule has 0 fully saturated rings. The van der Waals surface area contributed by atoms with Gasteiger partial charge >= 0.3 is 0 Å². The summed E-state index contributed by atoms with van der Waals surface area (Å²) in [5.41, 5.74) is 0. The van der Waals surface area contributed by atoms with Crippen molar-refractivity contribution in [2.75, 3.05) is 0 Å². The molecule has 0 aliphatic heterocycles.